The highest BCUT2D eigenvalue weighted by Crippen LogP contribution is 2.33. The van der Waals surface area contributed by atoms with Gasteiger partial charge in [0.2, 0.25) is 5.91 Å². The molecule has 0 spiro atoms. The highest BCUT2D eigenvalue weighted by atomic mass is 16.5. The topological polar surface area (TPSA) is 64.3 Å². The van der Waals surface area contributed by atoms with E-state index in [1.165, 1.54) is 0 Å². The number of benzene rings is 1. The van der Waals surface area contributed by atoms with E-state index in [1.807, 2.05) is 25.1 Å². The molecule has 0 radical (unpaired) electrons. The van der Waals surface area contributed by atoms with Crippen LogP contribution in [0.25, 0.3) is 0 Å². The summed E-state index contributed by atoms with van der Waals surface area (Å²) in [5.74, 6) is 1.04. The summed E-state index contributed by atoms with van der Waals surface area (Å²) in [5.41, 5.74) is 8.02. The second-order valence-corrected chi connectivity index (χ2v) is 5.78. The number of carbonyl (C=O) groups is 1. The van der Waals surface area contributed by atoms with Gasteiger partial charge in [-0.2, -0.15) is 0 Å². The van der Waals surface area contributed by atoms with Crippen molar-refractivity contribution in [1.82, 2.24) is 0 Å². The lowest BCUT2D eigenvalue weighted by Crippen LogP contribution is -2.22. The fourth-order valence-electron chi connectivity index (χ4n) is 2.43. The molecule has 4 nitrogen and oxygen atoms in total. The molecule has 21 heavy (non-hydrogen) atoms. The van der Waals surface area contributed by atoms with Crippen molar-refractivity contribution >= 4 is 11.6 Å². The minimum Gasteiger partial charge on any atom is -0.492 e. The number of amides is 1. The van der Waals surface area contributed by atoms with Crippen LogP contribution in [0.2, 0.25) is 0 Å². The normalized spacial score (nSPS) is 15.6. The average Bonchev–Trinajstić information content (AvgIpc) is 3.26. The Balaban J connectivity index is 2.07. The molecule has 0 aliphatic heterocycles. The fourth-order valence-corrected chi connectivity index (χ4v) is 2.43. The minimum absolute atomic E-state index is 0.103. The highest BCUT2D eigenvalue weighted by Gasteiger charge is 2.30. The lowest BCUT2D eigenvalue weighted by molar-refractivity contribution is -0.117. The lowest BCUT2D eigenvalue weighted by atomic mass is 10.0. The third-order valence-corrected chi connectivity index (χ3v) is 3.71. The Hall–Kier alpha value is -1.55. The van der Waals surface area contributed by atoms with Gasteiger partial charge in [0.1, 0.15) is 5.75 Å². The van der Waals surface area contributed by atoms with E-state index >= 15 is 0 Å². The van der Waals surface area contributed by atoms with E-state index in [0.29, 0.717) is 6.61 Å². The quantitative estimate of drug-likeness (QED) is 0.773. The van der Waals surface area contributed by atoms with Crippen molar-refractivity contribution in [3.63, 3.8) is 0 Å². The Bertz CT molecular complexity index is 484. The summed E-state index contributed by atoms with van der Waals surface area (Å²) in [4.78, 5) is 11.9. The van der Waals surface area contributed by atoms with Crippen LogP contribution in [0.3, 0.4) is 0 Å². The van der Waals surface area contributed by atoms with E-state index in [0.717, 1.165) is 49.1 Å². The molecule has 1 aliphatic rings. The fraction of sp³-hybridized carbons (Fsp3) is 0.588. The first-order chi connectivity index (χ1) is 10.1. The standard InChI is InChI=1S/C17H26N2O2/c1-3-5-14(18)10-12-6-9-15(16(11-12)21-4-2)19-17(20)13-7-8-13/h6,9,11,13-14H,3-5,7-8,10,18H2,1-2H3,(H,19,20). The number of hydrogen-bond acceptors (Lipinski definition) is 3. The maximum atomic E-state index is 11.9. The van der Waals surface area contributed by atoms with E-state index < -0.39 is 0 Å². The van der Waals surface area contributed by atoms with Crippen LogP contribution in [0.5, 0.6) is 5.75 Å². The molecule has 4 heteroatoms. The second-order valence-electron chi connectivity index (χ2n) is 5.78. The molecule has 1 aromatic rings. The van der Waals surface area contributed by atoms with Gasteiger partial charge >= 0.3 is 0 Å². The third kappa shape index (κ3) is 4.74. The first-order valence-electron chi connectivity index (χ1n) is 7.96. The van der Waals surface area contributed by atoms with Gasteiger partial charge in [0.25, 0.3) is 0 Å². The van der Waals surface area contributed by atoms with Crippen molar-refractivity contribution in [2.45, 2.75) is 52.0 Å². The molecular formula is C17H26N2O2. The van der Waals surface area contributed by atoms with Gasteiger partial charge in [-0.15, -0.1) is 0 Å². The Morgan fingerprint density at radius 1 is 1.43 bits per heavy atom. The minimum atomic E-state index is 0.103. The van der Waals surface area contributed by atoms with Crippen molar-refractivity contribution in [2.75, 3.05) is 11.9 Å². The van der Waals surface area contributed by atoms with E-state index in [1.54, 1.807) is 0 Å². The molecule has 2 rings (SSSR count). The Morgan fingerprint density at radius 2 is 2.19 bits per heavy atom. The zero-order valence-corrected chi connectivity index (χ0v) is 13.0. The summed E-state index contributed by atoms with van der Waals surface area (Å²) in [6, 6.07) is 6.14. The van der Waals surface area contributed by atoms with E-state index in [-0.39, 0.29) is 17.9 Å². The molecule has 116 valence electrons. The molecule has 1 fully saturated rings. The Morgan fingerprint density at radius 3 is 2.81 bits per heavy atom. The number of carbonyl (C=O) groups excluding carboxylic acids is 1. The lowest BCUT2D eigenvalue weighted by Gasteiger charge is -2.15. The van der Waals surface area contributed by atoms with Crippen molar-refractivity contribution in [3.05, 3.63) is 23.8 Å². The number of rotatable bonds is 8. The molecule has 1 aromatic carbocycles. The number of hydrogen-bond donors (Lipinski definition) is 2. The summed E-state index contributed by atoms with van der Waals surface area (Å²) in [5, 5.41) is 2.97. The van der Waals surface area contributed by atoms with Crippen LogP contribution < -0.4 is 15.8 Å². The van der Waals surface area contributed by atoms with Gasteiger partial charge in [-0.25, -0.2) is 0 Å². The number of anilines is 1. The van der Waals surface area contributed by atoms with Gasteiger partial charge in [0.05, 0.1) is 12.3 Å². The van der Waals surface area contributed by atoms with Crippen molar-refractivity contribution < 1.29 is 9.53 Å². The van der Waals surface area contributed by atoms with Crippen molar-refractivity contribution in [1.29, 1.82) is 0 Å². The largest absolute Gasteiger partial charge is 0.492 e. The molecule has 3 N–H and O–H groups in total. The summed E-state index contributed by atoms with van der Waals surface area (Å²) in [7, 11) is 0. The molecule has 0 aromatic heterocycles. The maximum Gasteiger partial charge on any atom is 0.227 e. The molecule has 0 bridgehead atoms. The van der Waals surface area contributed by atoms with Crippen LogP contribution in [0.4, 0.5) is 5.69 Å². The molecule has 1 aliphatic carbocycles. The van der Waals surface area contributed by atoms with E-state index in [2.05, 4.69) is 12.2 Å². The zero-order valence-electron chi connectivity index (χ0n) is 13.0. The summed E-state index contributed by atoms with van der Waals surface area (Å²) < 4.78 is 5.66. The Kier molecular flexibility index (Phi) is 5.62. The van der Waals surface area contributed by atoms with Crippen LogP contribution in [-0.4, -0.2) is 18.6 Å². The first kappa shape index (κ1) is 15.8. The van der Waals surface area contributed by atoms with Gasteiger partial charge in [-0.05, 0) is 50.3 Å². The predicted molar refractivity (Wildman–Crippen MR) is 85.6 cm³/mol. The van der Waals surface area contributed by atoms with Gasteiger partial charge in [0.15, 0.2) is 0 Å². The SMILES string of the molecule is CCCC(N)Cc1ccc(NC(=O)C2CC2)c(OCC)c1. The number of ether oxygens (including phenoxy) is 1. The Labute approximate surface area is 127 Å². The van der Waals surface area contributed by atoms with Crippen molar-refractivity contribution in [3.8, 4) is 5.75 Å². The van der Waals surface area contributed by atoms with Crippen LogP contribution in [0.1, 0.15) is 45.1 Å². The van der Waals surface area contributed by atoms with Gasteiger partial charge in [0, 0.05) is 12.0 Å². The summed E-state index contributed by atoms with van der Waals surface area (Å²) in [6.07, 6.45) is 4.95. The molecule has 0 heterocycles. The zero-order chi connectivity index (χ0) is 15.2. The molecule has 1 atom stereocenters. The number of nitrogens with one attached hydrogen (secondary N) is 1. The van der Waals surface area contributed by atoms with Crippen LogP contribution in [0, 0.1) is 5.92 Å². The van der Waals surface area contributed by atoms with Crippen LogP contribution in [0.15, 0.2) is 18.2 Å². The third-order valence-electron chi connectivity index (χ3n) is 3.71. The van der Waals surface area contributed by atoms with Crippen LogP contribution in [-0.2, 0) is 11.2 Å². The second kappa shape index (κ2) is 7.46. The molecule has 1 unspecified atom stereocenters. The average molecular weight is 290 g/mol. The van der Waals surface area contributed by atoms with Gasteiger partial charge < -0.3 is 15.8 Å². The van der Waals surface area contributed by atoms with Crippen molar-refractivity contribution in [2.24, 2.45) is 11.7 Å². The monoisotopic (exact) mass is 290 g/mol. The van der Waals surface area contributed by atoms with Gasteiger partial charge in [-0.3, -0.25) is 4.79 Å². The number of nitrogens with two attached hydrogens (primary N) is 1. The summed E-state index contributed by atoms with van der Waals surface area (Å²) >= 11 is 0. The molecule has 1 saturated carbocycles. The van der Waals surface area contributed by atoms with E-state index in [9.17, 15) is 4.79 Å². The smallest absolute Gasteiger partial charge is 0.227 e. The summed E-state index contributed by atoms with van der Waals surface area (Å²) in [6.45, 7) is 4.67. The van der Waals surface area contributed by atoms with Gasteiger partial charge in [-0.1, -0.05) is 19.4 Å². The maximum absolute atomic E-state index is 11.9. The predicted octanol–water partition coefficient (Wildman–Crippen LogP) is 3.10. The first-order valence-corrected chi connectivity index (χ1v) is 7.96. The molecular weight excluding hydrogens is 264 g/mol. The molecule has 0 saturated heterocycles. The highest BCUT2D eigenvalue weighted by molar-refractivity contribution is 5.95. The molecule has 1 amide bonds. The van der Waals surface area contributed by atoms with Crippen LogP contribution >= 0.6 is 0 Å². The van der Waals surface area contributed by atoms with E-state index in [4.69, 9.17) is 10.5 Å².